The van der Waals surface area contributed by atoms with Gasteiger partial charge in [-0.25, -0.2) is 4.79 Å². The highest BCUT2D eigenvalue weighted by molar-refractivity contribution is 8.00. The van der Waals surface area contributed by atoms with E-state index in [9.17, 15) is 9.59 Å². The van der Waals surface area contributed by atoms with E-state index in [0.29, 0.717) is 24.5 Å². The second kappa shape index (κ2) is 10.6. The second-order valence-corrected chi connectivity index (χ2v) is 9.01. The molecule has 1 aliphatic rings. The number of thioether (sulfide) groups is 1. The van der Waals surface area contributed by atoms with Gasteiger partial charge in [0.05, 0.1) is 18.1 Å². The van der Waals surface area contributed by atoms with E-state index in [2.05, 4.69) is 24.3 Å². The highest BCUT2D eigenvalue weighted by atomic mass is 32.2. The van der Waals surface area contributed by atoms with Crippen molar-refractivity contribution in [1.29, 1.82) is 0 Å². The van der Waals surface area contributed by atoms with Crippen LogP contribution >= 0.6 is 11.8 Å². The summed E-state index contributed by atoms with van der Waals surface area (Å²) in [6.45, 7) is 1.40. The molecule has 2 heterocycles. The van der Waals surface area contributed by atoms with Crippen LogP contribution in [0.4, 0.5) is 0 Å². The van der Waals surface area contributed by atoms with E-state index < -0.39 is 0 Å². The number of methoxy groups -OCH3 is 1. The molecule has 6 heteroatoms. The summed E-state index contributed by atoms with van der Waals surface area (Å²) in [5, 5.41) is 0.126. The molecule has 0 radical (unpaired) electrons. The van der Waals surface area contributed by atoms with Gasteiger partial charge in [0.1, 0.15) is 5.69 Å². The molecule has 0 aliphatic carbocycles. The Morgan fingerprint density at radius 1 is 0.938 bits per heavy atom. The first-order chi connectivity index (χ1) is 15.7. The van der Waals surface area contributed by atoms with Gasteiger partial charge in [0.15, 0.2) is 0 Å². The number of hydrogen-bond donors (Lipinski definition) is 0. The molecule has 0 bridgehead atoms. The number of benzene rings is 2. The highest BCUT2D eigenvalue weighted by Crippen LogP contribution is 2.36. The third-order valence-electron chi connectivity index (χ3n) is 5.96. The topological polar surface area (TPSA) is 51.5 Å². The van der Waals surface area contributed by atoms with Crippen molar-refractivity contribution in [3.8, 4) is 0 Å². The van der Waals surface area contributed by atoms with Gasteiger partial charge in [-0.2, -0.15) is 0 Å². The number of likely N-dealkylation sites (tertiary alicyclic amines) is 1. The number of nitrogens with zero attached hydrogens (tertiary/aromatic N) is 2. The van der Waals surface area contributed by atoms with Gasteiger partial charge in [0, 0.05) is 25.3 Å². The van der Waals surface area contributed by atoms with Crippen LogP contribution in [0.3, 0.4) is 0 Å². The number of amides is 1. The van der Waals surface area contributed by atoms with Crippen LogP contribution in [0.25, 0.3) is 0 Å². The zero-order valence-corrected chi connectivity index (χ0v) is 19.0. The number of piperidine rings is 1. The van der Waals surface area contributed by atoms with Gasteiger partial charge >= 0.3 is 5.97 Å². The highest BCUT2D eigenvalue weighted by Gasteiger charge is 2.27. The molecule has 1 saturated heterocycles. The Hall–Kier alpha value is -2.99. The lowest BCUT2D eigenvalue weighted by Crippen LogP contribution is -2.40. The third-order valence-corrected chi connectivity index (χ3v) is 7.25. The Balaban J connectivity index is 1.36. The maximum atomic E-state index is 13.0. The van der Waals surface area contributed by atoms with Crippen LogP contribution in [0, 0.1) is 0 Å². The van der Waals surface area contributed by atoms with Gasteiger partial charge in [-0.05, 0) is 36.1 Å². The molecule has 1 fully saturated rings. The Bertz CT molecular complexity index is 988. The summed E-state index contributed by atoms with van der Waals surface area (Å²) in [6.07, 6.45) is 3.58. The fourth-order valence-electron chi connectivity index (χ4n) is 4.27. The van der Waals surface area contributed by atoms with Gasteiger partial charge in [-0.1, -0.05) is 60.7 Å². The zero-order valence-electron chi connectivity index (χ0n) is 18.2. The van der Waals surface area contributed by atoms with Crippen LogP contribution in [0.2, 0.25) is 0 Å². The summed E-state index contributed by atoms with van der Waals surface area (Å²) in [4.78, 5) is 26.9. The fourth-order valence-corrected chi connectivity index (χ4v) is 5.46. The van der Waals surface area contributed by atoms with Crippen molar-refractivity contribution in [2.24, 2.45) is 0 Å². The van der Waals surface area contributed by atoms with Gasteiger partial charge in [0.25, 0.3) is 0 Å². The molecule has 3 aromatic rings. The number of hydrogen-bond acceptors (Lipinski definition) is 4. The SMILES string of the molecule is COC(=O)c1cccn1C1CCN(C(=O)CSC(c2ccccc2)c2ccccc2)CC1. The Morgan fingerprint density at radius 3 is 2.09 bits per heavy atom. The van der Waals surface area contributed by atoms with E-state index in [0.717, 1.165) is 12.8 Å². The maximum absolute atomic E-state index is 13.0. The Kier molecular flexibility index (Phi) is 7.32. The predicted octanol–water partition coefficient (Wildman–Crippen LogP) is 4.96. The van der Waals surface area contributed by atoms with Crippen molar-refractivity contribution < 1.29 is 14.3 Å². The molecule has 0 atom stereocenters. The quantitative estimate of drug-likeness (QED) is 0.480. The second-order valence-electron chi connectivity index (χ2n) is 7.92. The minimum Gasteiger partial charge on any atom is -0.464 e. The molecular weight excluding hydrogens is 420 g/mol. The fraction of sp³-hybridized carbons (Fsp3) is 0.308. The van der Waals surface area contributed by atoms with Crippen LogP contribution in [0.15, 0.2) is 79.0 Å². The summed E-state index contributed by atoms with van der Waals surface area (Å²) in [7, 11) is 1.40. The number of carbonyl (C=O) groups is 2. The largest absolute Gasteiger partial charge is 0.464 e. The van der Waals surface area contributed by atoms with Crippen molar-refractivity contribution in [1.82, 2.24) is 9.47 Å². The molecule has 1 aliphatic heterocycles. The number of carbonyl (C=O) groups excluding carboxylic acids is 2. The average Bonchev–Trinajstić information content (AvgIpc) is 3.35. The molecule has 166 valence electrons. The molecule has 0 unspecified atom stereocenters. The lowest BCUT2D eigenvalue weighted by atomic mass is 10.0. The average molecular weight is 449 g/mol. The number of rotatable bonds is 7. The minimum absolute atomic E-state index is 0.126. The molecule has 0 N–H and O–H groups in total. The molecule has 1 aromatic heterocycles. The normalized spacial score (nSPS) is 14.5. The molecule has 4 rings (SSSR count). The summed E-state index contributed by atoms with van der Waals surface area (Å²) < 4.78 is 6.87. The lowest BCUT2D eigenvalue weighted by Gasteiger charge is -2.33. The molecule has 0 saturated carbocycles. The summed E-state index contributed by atoms with van der Waals surface area (Å²) in [5.74, 6) is 0.291. The van der Waals surface area contributed by atoms with Gasteiger partial charge in [-0.15, -0.1) is 11.8 Å². The molecular formula is C26H28N2O3S. The predicted molar refractivity (Wildman–Crippen MR) is 128 cm³/mol. The standard InChI is InChI=1S/C26H28N2O3S/c1-31-26(30)23-13-8-16-28(23)22-14-17-27(18-15-22)24(29)19-32-25(20-9-4-2-5-10-20)21-11-6-3-7-12-21/h2-13,16,22,25H,14-15,17-19H2,1H3. The van der Waals surface area contributed by atoms with Gasteiger partial charge < -0.3 is 14.2 Å². The van der Waals surface area contributed by atoms with E-state index in [1.54, 1.807) is 17.8 Å². The van der Waals surface area contributed by atoms with Crippen molar-refractivity contribution in [2.45, 2.75) is 24.1 Å². The smallest absolute Gasteiger partial charge is 0.354 e. The third kappa shape index (κ3) is 5.07. The van der Waals surface area contributed by atoms with E-state index in [1.165, 1.54) is 18.2 Å². The zero-order chi connectivity index (χ0) is 22.3. The van der Waals surface area contributed by atoms with Crippen molar-refractivity contribution in [3.05, 3.63) is 95.8 Å². The van der Waals surface area contributed by atoms with E-state index >= 15 is 0 Å². The lowest BCUT2D eigenvalue weighted by molar-refractivity contribution is -0.129. The monoisotopic (exact) mass is 448 g/mol. The summed E-state index contributed by atoms with van der Waals surface area (Å²) >= 11 is 1.68. The van der Waals surface area contributed by atoms with Crippen LogP contribution < -0.4 is 0 Å². The number of ether oxygens (including phenoxy) is 1. The maximum Gasteiger partial charge on any atom is 0.354 e. The Morgan fingerprint density at radius 2 is 1.53 bits per heavy atom. The van der Waals surface area contributed by atoms with E-state index in [1.807, 2.05) is 58.1 Å². The molecule has 0 spiro atoms. The van der Waals surface area contributed by atoms with Crippen LogP contribution in [-0.2, 0) is 9.53 Å². The minimum atomic E-state index is -0.322. The van der Waals surface area contributed by atoms with Crippen LogP contribution in [-0.4, -0.2) is 47.3 Å². The van der Waals surface area contributed by atoms with E-state index in [-0.39, 0.29) is 23.2 Å². The van der Waals surface area contributed by atoms with Gasteiger partial charge in [-0.3, -0.25) is 4.79 Å². The summed E-state index contributed by atoms with van der Waals surface area (Å²) in [6, 6.07) is 24.6. The van der Waals surface area contributed by atoms with Crippen LogP contribution in [0.5, 0.6) is 0 Å². The van der Waals surface area contributed by atoms with Crippen molar-refractivity contribution >= 4 is 23.6 Å². The number of esters is 1. The molecule has 32 heavy (non-hydrogen) atoms. The Labute approximate surface area is 193 Å². The first-order valence-corrected chi connectivity index (χ1v) is 12.0. The molecule has 5 nitrogen and oxygen atoms in total. The first-order valence-electron chi connectivity index (χ1n) is 10.9. The van der Waals surface area contributed by atoms with Crippen molar-refractivity contribution in [2.75, 3.05) is 26.0 Å². The van der Waals surface area contributed by atoms with Gasteiger partial charge in [0.2, 0.25) is 5.91 Å². The first kappa shape index (κ1) is 22.2. The van der Waals surface area contributed by atoms with E-state index in [4.69, 9.17) is 4.74 Å². The van der Waals surface area contributed by atoms with Crippen LogP contribution in [0.1, 0.15) is 45.7 Å². The van der Waals surface area contributed by atoms with Crippen molar-refractivity contribution in [3.63, 3.8) is 0 Å². The molecule has 1 amide bonds. The summed E-state index contributed by atoms with van der Waals surface area (Å²) in [5.41, 5.74) is 2.98. The molecule has 2 aromatic carbocycles. The number of aromatic nitrogens is 1.